The summed E-state index contributed by atoms with van der Waals surface area (Å²) >= 11 is 0. The van der Waals surface area contributed by atoms with Crippen molar-refractivity contribution in [2.24, 2.45) is 17.6 Å². The van der Waals surface area contributed by atoms with E-state index in [9.17, 15) is 4.79 Å². The molecule has 2 rings (SSSR count). The molecule has 0 aromatic heterocycles. The maximum absolute atomic E-state index is 12.8. The first-order valence-electron chi connectivity index (χ1n) is 8.29. The minimum atomic E-state index is 0.0219. The lowest BCUT2D eigenvalue weighted by molar-refractivity contribution is -0.143. The Morgan fingerprint density at radius 3 is 2.80 bits per heavy atom. The van der Waals surface area contributed by atoms with Gasteiger partial charge >= 0.3 is 0 Å². The number of hydrogen-bond acceptors (Lipinski definition) is 3. The summed E-state index contributed by atoms with van der Waals surface area (Å²) in [5.41, 5.74) is 6.21. The molecule has 2 fully saturated rings. The van der Waals surface area contributed by atoms with E-state index in [0.29, 0.717) is 5.92 Å². The van der Waals surface area contributed by atoms with E-state index in [0.717, 1.165) is 58.2 Å². The third-order valence-corrected chi connectivity index (χ3v) is 4.80. The van der Waals surface area contributed by atoms with Gasteiger partial charge < -0.3 is 15.4 Å². The highest BCUT2D eigenvalue weighted by Gasteiger charge is 2.37. The van der Waals surface area contributed by atoms with Crippen LogP contribution >= 0.6 is 0 Å². The zero-order chi connectivity index (χ0) is 14.5. The molecule has 1 saturated carbocycles. The second kappa shape index (κ2) is 7.41. The molecule has 4 heteroatoms. The highest BCUT2D eigenvalue weighted by molar-refractivity contribution is 5.80. The molecule has 4 nitrogen and oxygen atoms in total. The minimum absolute atomic E-state index is 0.0219. The van der Waals surface area contributed by atoms with Gasteiger partial charge in [0.2, 0.25) is 5.91 Å². The Morgan fingerprint density at radius 2 is 2.10 bits per heavy atom. The SMILES string of the molecule is CCCOC1CCCN(C(=O)C2C(C)CCCC2N)C1. The molecule has 20 heavy (non-hydrogen) atoms. The maximum Gasteiger partial charge on any atom is 0.227 e. The maximum atomic E-state index is 12.8. The Bertz CT molecular complexity index is 312. The van der Waals surface area contributed by atoms with E-state index in [1.54, 1.807) is 0 Å². The molecule has 0 aromatic carbocycles. The zero-order valence-electron chi connectivity index (χ0n) is 13.0. The predicted octanol–water partition coefficient (Wildman–Crippen LogP) is 2.17. The smallest absolute Gasteiger partial charge is 0.227 e. The molecule has 0 radical (unpaired) electrons. The Morgan fingerprint density at radius 1 is 1.30 bits per heavy atom. The molecule has 1 heterocycles. The number of ether oxygens (including phenoxy) is 1. The fourth-order valence-electron chi connectivity index (χ4n) is 3.65. The summed E-state index contributed by atoms with van der Waals surface area (Å²) in [4.78, 5) is 14.8. The van der Waals surface area contributed by atoms with Crippen molar-refractivity contribution < 1.29 is 9.53 Å². The first-order chi connectivity index (χ1) is 9.63. The van der Waals surface area contributed by atoms with Gasteiger partial charge in [0.1, 0.15) is 0 Å². The number of nitrogens with two attached hydrogens (primary N) is 1. The van der Waals surface area contributed by atoms with Crippen LogP contribution in [-0.2, 0) is 9.53 Å². The van der Waals surface area contributed by atoms with E-state index in [2.05, 4.69) is 13.8 Å². The van der Waals surface area contributed by atoms with Gasteiger partial charge in [0.05, 0.1) is 12.0 Å². The van der Waals surface area contributed by atoms with Crippen molar-refractivity contribution in [2.45, 2.75) is 64.5 Å². The van der Waals surface area contributed by atoms with Crippen molar-refractivity contribution in [2.75, 3.05) is 19.7 Å². The van der Waals surface area contributed by atoms with E-state index in [1.807, 2.05) is 4.90 Å². The van der Waals surface area contributed by atoms with Gasteiger partial charge in [-0.1, -0.05) is 20.3 Å². The average molecular weight is 282 g/mol. The van der Waals surface area contributed by atoms with Crippen molar-refractivity contribution in [1.82, 2.24) is 4.90 Å². The molecule has 4 atom stereocenters. The summed E-state index contributed by atoms with van der Waals surface area (Å²) in [7, 11) is 0. The molecular formula is C16H30N2O2. The summed E-state index contributed by atoms with van der Waals surface area (Å²) in [6.45, 7) is 6.73. The van der Waals surface area contributed by atoms with Crippen LogP contribution in [0.15, 0.2) is 0 Å². The van der Waals surface area contributed by atoms with E-state index in [4.69, 9.17) is 10.5 Å². The molecule has 0 aromatic rings. The fourth-order valence-corrected chi connectivity index (χ4v) is 3.65. The van der Waals surface area contributed by atoms with E-state index < -0.39 is 0 Å². The van der Waals surface area contributed by atoms with Crippen LogP contribution < -0.4 is 5.73 Å². The first kappa shape index (κ1) is 15.8. The lowest BCUT2D eigenvalue weighted by Gasteiger charge is -2.40. The number of likely N-dealkylation sites (tertiary alicyclic amines) is 1. The molecule has 0 bridgehead atoms. The fraction of sp³-hybridized carbons (Fsp3) is 0.938. The average Bonchev–Trinajstić information content (AvgIpc) is 2.45. The second-order valence-corrected chi connectivity index (χ2v) is 6.52. The highest BCUT2D eigenvalue weighted by Crippen LogP contribution is 2.31. The van der Waals surface area contributed by atoms with Gasteiger partial charge in [0.25, 0.3) is 0 Å². The van der Waals surface area contributed by atoms with Gasteiger partial charge in [-0.3, -0.25) is 4.79 Å². The summed E-state index contributed by atoms with van der Waals surface area (Å²) in [6.07, 6.45) is 6.68. The van der Waals surface area contributed by atoms with Crippen LogP contribution in [0.4, 0.5) is 0 Å². The number of piperidine rings is 1. The molecule has 1 aliphatic heterocycles. The monoisotopic (exact) mass is 282 g/mol. The van der Waals surface area contributed by atoms with Crippen molar-refractivity contribution in [3.8, 4) is 0 Å². The van der Waals surface area contributed by atoms with Gasteiger partial charge in [0, 0.05) is 25.7 Å². The van der Waals surface area contributed by atoms with E-state index in [-0.39, 0.29) is 24.0 Å². The molecule has 2 aliphatic rings. The third kappa shape index (κ3) is 3.73. The third-order valence-electron chi connectivity index (χ3n) is 4.80. The highest BCUT2D eigenvalue weighted by atomic mass is 16.5. The molecule has 1 saturated heterocycles. The second-order valence-electron chi connectivity index (χ2n) is 6.52. The molecule has 1 aliphatic carbocycles. The Labute approximate surface area is 123 Å². The van der Waals surface area contributed by atoms with Crippen LogP contribution in [-0.4, -0.2) is 42.6 Å². The van der Waals surface area contributed by atoms with Gasteiger partial charge in [-0.15, -0.1) is 0 Å². The number of amides is 1. The molecule has 0 spiro atoms. The Balaban J connectivity index is 1.93. The number of carbonyl (C=O) groups excluding carboxylic acids is 1. The summed E-state index contributed by atoms with van der Waals surface area (Å²) in [6, 6.07) is 0.0446. The van der Waals surface area contributed by atoms with Crippen molar-refractivity contribution in [3.63, 3.8) is 0 Å². The van der Waals surface area contributed by atoms with E-state index in [1.165, 1.54) is 0 Å². The summed E-state index contributed by atoms with van der Waals surface area (Å²) in [5, 5.41) is 0. The van der Waals surface area contributed by atoms with Crippen LogP contribution in [0.25, 0.3) is 0 Å². The quantitative estimate of drug-likeness (QED) is 0.859. The largest absolute Gasteiger partial charge is 0.376 e. The molecule has 4 unspecified atom stereocenters. The lowest BCUT2D eigenvalue weighted by atomic mass is 9.76. The van der Waals surface area contributed by atoms with Gasteiger partial charge in [-0.05, 0) is 38.0 Å². The minimum Gasteiger partial charge on any atom is -0.376 e. The van der Waals surface area contributed by atoms with Gasteiger partial charge in [-0.25, -0.2) is 0 Å². The Hall–Kier alpha value is -0.610. The number of carbonyl (C=O) groups is 1. The van der Waals surface area contributed by atoms with Crippen LogP contribution in [0.3, 0.4) is 0 Å². The van der Waals surface area contributed by atoms with Crippen molar-refractivity contribution >= 4 is 5.91 Å². The van der Waals surface area contributed by atoms with Crippen molar-refractivity contribution in [3.05, 3.63) is 0 Å². The molecular weight excluding hydrogens is 252 g/mol. The number of rotatable bonds is 4. The van der Waals surface area contributed by atoms with Crippen LogP contribution in [0.1, 0.15) is 52.4 Å². The number of nitrogens with zero attached hydrogens (tertiary/aromatic N) is 1. The molecule has 1 amide bonds. The van der Waals surface area contributed by atoms with Crippen molar-refractivity contribution in [1.29, 1.82) is 0 Å². The summed E-state index contributed by atoms with van der Waals surface area (Å²) < 4.78 is 5.83. The van der Waals surface area contributed by atoms with Crippen LogP contribution in [0.5, 0.6) is 0 Å². The lowest BCUT2D eigenvalue weighted by Crippen LogP contribution is -2.52. The molecule has 2 N–H and O–H groups in total. The van der Waals surface area contributed by atoms with Gasteiger partial charge in [-0.2, -0.15) is 0 Å². The van der Waals surface area contributed by atoms with Crippen LogP contribution in [0.2, 0.25) is 0 Å². The standard InChI is InChI=1S/C16H30N2O2/c1-3-10-20-13-7-5-9-18(11-13)16(19)15-12(2)6-4-8-14(15)17/h12-15H,3-11,17H2,1-2H3. The zero-order valence-corrected chi connectivity index (χ0v) is 13.0. The first-order valence-corrected chi connectivity index (χ1v) is 8.29. The molecule has 116 valence electrons. The van der Waals surface area contributed by atoms with Crippen LogP contribution in [0, 0.1) is 11.8 Å². The Kier molecular flexibility index (Phi) is 5.85. The summed E-state index contributed by atoms with van der Waals surface area (Å²) in [5.74, 6) is 0.714. The predicted molar refractivity (Wildman–Crippen MR) is 80.3 cm³/mol. The number of hydrogen-bond donors (Lipinski definition) is 1. The topological polar surface area (TPSA) is 55.6 Å². The normalized spacial score (nSPS) is 35.0. The van der Waals surface area contributed by atoms with Gasteiger partial charge in [0.15, 0.2) is 0 Å². The van der Waals surface area contributed by atoms with E-state index >= 15 is 0 Å².